The van der Waals surface area contributed by atoms with Crippen molar-refractivity contribution in [3.8, 4) is 11.5 Å². The predicted octanol–water partition coefficient (Wildman–Crippen LogP) is 6.30. The van der Waals surface area contributed by atoms with Crippen molar-refractivity contribution in [2.45, 2.75) is 44.1 Å². The molecule has 0 aliphatic heterocycles. The van der Waals surface area contributed by atoms with Gasteiger partial charge in [0.2, 0.25) is 11.6 Å². The van der Waals surface area contributed by atoms with Gasteiger partial charge in [-0.3, -0.25) is 10.1 Å². The Morgan fingerprint density at radius 3 is 2.06 bits per heavy atom. The van der Waals surface area contributed by atoms with Crippen LogP contribution in [0.1, 0.15) is 38.5 Å². The van der Waals surface area contributed by atoms with Gasteiger partial charge in [-0.25, -0.2) is 9.97 Å². The van der Waals surface area contributed by atoms with Gasteiger partial charge >= 0.3 is 5.69 Å². The minimum absolute atomic E-state index is 0.0818. The second-order valence-electron chi connectivity index (χ2n) is 10.1. The highest BCUT2D eigenvalue weighted by molar-refractivity contribution is 5.74. The standard InChI is InChI=1S/C26H27N5O3/c32-31(33)23-24(29-20-6-8-22(9-7-20)34-21-4-2-1-3-5-21)27-16-28-25(23)30-26-13-17-10-18(14-26)12-19(11-17)15-26/h1-9,16-19H,10-15H2,(H2,27,28,29,30). The lowest BCUT2D eigenvalue weighted by Crippen LogP contribution is -2.55. The quantitative estimate of drug-likeness (QED) is 0.317. The number of nitrogens with one attached hydrogen (secondary N) is 2. The maximum atomic E-state index is 12.1. The van der Waals surface area contributed by atoms with Crippen molar-refractivity contribution >= 4 is 23.0 Å². The first-order valence-electron chi connectivity index (χ1n) is 11.9. The number of rotatable bonds is 7. The number of anilines is 3. The number of nitro groups is 1. The van der Waals surface area contributed by atoms with Crippen molar-refractivity contribution in [2.75, 3.05) is 10.6 Å². The highest BCUT2D eigenvalue weighted by Crippen LogP contribution is 2.57. The molecule has 0 amide bonds. The lowest BCUT2D eigenvalue weighted by atomic mass is 9.53. The number of nitrogens with zero attached hydrogens (tertiary/aromatic N) is 3. The van der Waals surface area contributed by atoms with Crippen LogP contribution in [-0.4, -0.2) is 20.4 Å². The number of benzene rings is 2. The van der Waals surface area contributed by atoms with Crippen LogP contribution in [0.3, 0.4) is 0 Å². The first-order valence-corrected chi connectivity index (χ1v) is 11.9. The number of hydrogen-bond acceptors (Lipinski definition) is 7. The summed E-state index contributed by atoms with van der Waals surface area (Å²) in [5.41, 5.74) is 0.493. The van der Waals surface area contributed by atoms with Gasteiger partial charge in [0.15, 0.2) is 0 Å². The van der Waals surface area contributed by atoms with Gasteiger partial charge in [0.05, 0.1) is 4.92 Å². The molecule has 8 nitrogen and oxygen atoms in total. The summed E-state index contributed by atoms with van der Waals surface area (Å²) >= 11 is 0. The van der Waals surface area contributed by atoms with Crippen LogP contribution >= 0.6 is 0 Å². The van der Waals surface area contributed by atoms with E-state index in [4.69, 9.17) is 4.74 Å². The third-order valence-corrected chi connectivity index (χ3v) is 7.52. The van der Waals surface area contributed by atoms with Gasteiger partial charge in [0, 0.05) is 11.2 Å². The van der Waals surface area contributed by atoms with Crippen LogP contribution < -0.4 is 15.4 Å². The normalized spacial score (nSPS) is 26.8. The predicted molar refractivity (Wildman–Crippen MR) is 129 cm³/mol. The molecule has 2 N–H and O–H groups in total. The van der Waals surface area contributed by atoms with E-state index in [-0.39, 0.29) is 17.0 Å². The average molecular weight is 458 g/mol. The summed E-state index contributed by atoms with van der Waals surface area (Å²) in [7, 11) is 0. The fourth-order valence-corrected chi connectivity index (χ4v) is 6.62. The fourth-order valence-electron chi connectivity index (χ4n) is 6.62. The van der Waals surface area contributed by atoms with Crippen LogP contribution in [0.5, 0.6) is 11.5 Å². The van der Waals surface area contributed by atoms with E-state index in [2.05, 4.69) is 20.6 Å². The molecule has 3 aromatic rings. The van der Waals surface area contributed by atoms with Crippen LogP contribution in [0.4, 0.5) is 23.0 Å². The number of aromatic nitrogens is 2. The van der Waals surface area contributed by atoms with Crippen LogP contribution in [0.15, 0.2) is 60.9 Å². The second kappa shape index (κ2) is 8.27. The van der Waals surface area contributed by atoms with E-state index in [1.165, 1.54) is 25.6 Å². The molecule has 2 aromatic carbocycles. The molecule has 174 valence electrons. The van der Waals surface area contributed by atoms with Crippen molar-refractivity contribution in [2.24, 2.45) is 17.8 Å². The zero-order chi connectivity index (χ0) is 23.1. The van der Waals surface area contributed by atoms with Gasteiger partial charge in [-0.2, -0.15) is 0 Å². The zero-order valence-electron chi connectivity index (χ0n) is 18.8. The van der Waals surface area contributed by atoms with Gasteiger partial charge in [0.25, 0.3) is 0 Å². The van der Waals surface area contributed by atoms with Gasteiger partial charge < -0.3 is 15.4 Å². The van der Waals surface area contributed by atoms with Crippen molar-refractivity contribution in [1.82, 2.24) is 9.97 Å². The zero-order valence-corrected chi connectivity index (χ0v) is 18.8. The van der Waals surface area contributed by atoms with E-state index in [1.54, 1.807) is 0 Å². The summed E-state index contributed by atoms with van der Waals surface area (Å²) in [6.45, 7) is 0. The largest absolute Gasteiger partial charge is 0.457 e. The number of hydrogen-bond donors (Lipinski definition) is 2. The molecule has 4 fully saturated rings. The Labute approximate surface area is 197 Å². The molecule has 0 saturated heterocycles. The summed E-state index contributed by atoms with van der Waals surface area (Å²) in [5.74, 6) is 4.11. The molecule has 0 unspecified atom stereocenters. The van der Waals surface area contributed by atoms with Crippen molar-refractivity contribution < 1.29 is 9.66 Å². The van der Waals surface area contributed by atoms with Crippen LogP contribution in [0.25, 0.3) is 0 Å². The maximum Gasteiger partial charge on any atom is 0.353 e. The van der Waals surface area contributed by atoms with Crippen LogP contribution in [-0.2, 0) is 0 Å². The van der Waals surface area contributed by atoms with E-state index in [1.807, 2.05) is 54.6 Å². The Morgan fingerprint density at radius 1 is 0.853 bits per heavy atom. The Bertz CT molecular complexity index is 1160. The van der Waals surface area contributed by atoms with E-state index in [0.29, 0.717) is 17.3 Å². The molecular weight excluding hydrogens is 430 g/mol. The van der Waals surface area contributed by atoms with E-state index < -0.39 is 4.92 Å². The Hall–Kier alpha value is -3.68. The lowest BCUT2D eigenvalue weighted by Gasteiger charge is -2.57. The summed E-state index contributed by atoms with van der Waals surface area (Å²) < 4.78 is 5.83. The molecule has 4 aliphatic rings. The highest BCUT2D eigenvalue weighted by atomic mass is 16.6. The molecule has 0 radical (unpaired) electrons. The number of ether oxygens (including phenoxy) is 1. The van der Waals surface area contributed by atoms with E-state index in [0.717, 1.165) is 42.8 Å². The lowest BCUT2D eigenvalue weighted by molar-refractivity contribution is -0.383. The van der Waals surface area contributed by atoms with Crippen molar-refractivity contribution in [3.05, 3.63) is 71.0 Å². The summed E-state index contributed by atoms with van der Waals surface area (Å²) in [4.78, 5) is 20.2. The van der Waals surface area contributed by atoms with Gasteiger partial charge in [0.1, 0.15) is 17.8 Å². The SMILES string of the molecule is O=[N+]([O-])c1c(Nc2ccc(Oc3ccccc3)cc2)ncnc1NC12CC3CC(CC(C3)C1)C2. The molecule has 7 rings (SSSR count). The first kappa shape index (κ1) is 20.9. The van der Waals surface area contributed by atoms with Crippen molar-refractivity contribution in [3.63, 3.8) is 0 Å². The van der Waals surface area contributed by atoms with E-state index in [9.17, 15) is 10.1 Å². The Kier molecular flexibility index (Phi) is 5.08. The van der Waals surface area contributed by atoms with Gasteiger partial charge in [-0.1, -0.05) is 18.2 Å². The molecule has 34 heavy (non-hydrogen) atoms. The van der Waals surface area contributed by atoms with Crippen LogP contribution in [0.2, 0.25) is 0 Å². The van der Waals surface area contributed by atoms with Crippen molar-refractivity contribution in [1.29, 1.82) is 0 Å². The molecule has 0 spiro atoms. The third-order valence-electron chi connectivity index (χ3n) is 7.52. The first-order chi connectivity index (χ1) is 16.6. The monoisotopic (exact) mass is 457 g/mol. The molecule has 4 bridgehead atoms. The van der Waals surface area contributed by atoms with Gasteiger partial charge in [-0.05, 0) is 92.7 Å². The minimum atomic E-state index is -0.391. The topological polar surface area (TPSA) is 102 Å². The molecule has 1 heterocycles. The van der Waals surface area contributed by atoms with E-state index >= 15 is 0 Å². The molecule has 8 heteroatoms. The molecule has 4 aliphatic carbocycles. The summed E-state index contributed by atoms with van der Waals surface area (Å²) in [6.07, 6.45) is 8.55. The number of para-hydroxylation sites is 1. The smallest absolute Gasteiger partial charge is 0.353 e. The van der Waals surface area contributed by atoms with Crippen LogP contribution in [0, 0.1) is 27.9 Å². The summed E-state index contributed by atoms with van der Waals surface area (Å²) in [5, 5.41) is 18.8. The fraction of sp³-hybridized carbons (Fsp3) is 0.385. The molecular formula is C26H27N5O3. The summed E-state index contributed by atoms with van der Waals surface area (Å²) in [6, 6.07) is 16.8. The Morgan fingerprint density at radius 2 is 1.44 bits per heavy atom. The van der Waals surface area contributed by atoms with Gasteiger partial charge in [-0.15, -0.1) is 0 Å². The molecule has 0 atom stereocenters. The average Bonchev–Trinajstić information content (AvgIpc) is 2.80. The highest BCUT2D eigenvalue weighted by Gasteiger charge is 2.51. The minimum Gasteiger partial charge on any atom is -0.457 e. The molecule has 4 saturated carbocycles. The Balaban J connectivity index is 1.23. The maximum absolute atomic E-state index is 12.1. The third kappa shape index (κ3) is 4.04. The second-order valence-corrected chi connectivity index (χ2v) is 10.1. The molecule has 1 aromatic heterocycles.